The Morgan fingerprint density at radius 3 is 1.52 bits per heavy atom. The van der Waals surface area contributed by atoms with E-state index >= 15 is 0 Å². The Hall–Kier alpha value is -2.04. The first-order valence-electron chi connectivity index (χ1n) is 8.64. The van der Waals surface area contributed by atoms with Crippen LogP contribution >= 0.6 is 0 Å². The van der Waals surface area contributed by atoms with E-state index in [9.17, 15) is 0 Å². The molecular weight excluding hydrogens is 316 g/mol. The Morgan fingerprint density at radius 1 is 0.800 bits per heavy atom. The number of ether oxygens (including phenoxy) is 4. The summed E-state index contributed by atoms with van der Waals surface area (Å²) < 4.78 is 22.2. The van der Waals surface area contributed by atoms with Gasteiger partial charge in [-0.25, -0.2) is 0 Å². The molecule has 132 valence electrons. The van der Waals surface area contributed by atoms with Crippen LogP contribution in [-0.2, 0) is 14.9 Å². The predicted molar refractivity (Wildman–Crippen MR) is 95.5 cm³/mol. The highest BCUT2D eigenvalue weighted by molar-refractivity contribution is 5.53. The van der Waals surface area contributed by atoms with E-state index in [4.69, 9.17) is 18.9 Å². The lowest BCUT2D eigenvalue weighted by Crippen LogP contribution is -2.21. The summed E-state index contributed by atoms with van der Waals surface area (Å²) in [5, 5.41) is 0. The highest BCUT2D eigenvalue weighted by Crippen LogP contribution is 2.44. The Kier molecular flexibility index (Phi) is 3.97. The lowest BCUT2D eigenvalue weighted by Gasteiger charge is -2.30. The van der Waals surface area contributed by atoms with Crippen molar-refractivity contribution in [1.29, 1.82) is 0 Å². The van der Waals surface area contributed by atoms with Crippen molar-refractivity contribution in [1.82, 2.24) is 0 Å². The molecule has 2 aromatic carbocycles. The third-order valence-corrected chi connectivity index (χ3v) is 5.21. The molecule has 0 aliphatic carbocycles. The first kappa shape index (κ1) is 16.4. The van der Waals surface area contributed by atoms with Gasteiger partial charge in [0.25, 0.3) is 0 Å². The molecule has 2 aliphatic heterocycles. The largest absolute Gasteiger partial charge is 0.496 e. The maximum absolute atomic E-state index is 5.70. The fourth-order valence-electron chi connectivity index (χ4n) is 3.48. The third-order valence-electron chi connectivity index (χ3n) is 5.21. The summed E-state index contributed by atoms with van der Waals surface area (Å²) >= 11 is 0. The van der Waals surface area contributed by atoms with E-state index in [1.807, 2.05) is 0 Å². The standard InChI is InChI=1S/C21H24O4/c1-21(2,15-7-5-13(19-11-24-19)9-17(15)22-3)16-8-6-14(20-12-25-20)10-18(16)23-4/h5-10,19-20H,11-12H2,1-4H3. The number of hydrogen-bond donors (Lipinski definition) is 0. The maximum atomic E-state index is 5.70. The molecule has 2 aromatic rings. The second-order valence-corrected chi connectivity index (χ2v) is 7.19. The molecule has 4 rings (SSSR count). The van der Waals surface area contributed by atoms with Crippen LogP contribution in [0.15, 0.2) is 36.4 Å². The molecule has 0 saturated carbocycles. The second-order valence-electron chi connectivity index (χ2n) is 7.19. The molecule has 2 heterocycles. The van der Waals surface area contributed by atoms with Gasteiger partial charge in [-0.2, -0.15) is 0 Å². The van der Waals surface area contributed by atoms with Gasteiger partial charge in [0.2, 0.25) is 0 Å². The molecule has 0 radical (unpaired) electrons. The minimum Gasteiger partial charge on any atom is -0.496 e. The van der Waals surface area contributed by atoms with Gasteiger partial charge in [-0.05, 0) is 23.3 Å². The van der Waals surface area contributed by atoms with Gasteiger partial charge in [-0.1, -0.05) is 38.1 Å². The normalized spacial score (nSPS) is 21.8. The molecule has 0 N–H and O–H groups in total. The van der Waals surface area contributed by atoms with Crippen molar-refractivity contribution in [2.75, 3.05) is 27.4 Å². The quantitative estimate of drug-likeness (QED) is 0.740. The van der Waals surface area contributed by atoms with Crippen molar-refractivity contribution in [2.45, 2.75) is 31.5 Å². The first-order valence-corrected chi connectivity index (χ1v) is 8.64. The Morgan fingerprint density at radius 2 is 1.20 bits per heavy atom. The van der Waals surface area contributed by atoms with E-state index in [2.05, 4.69) is 50.2 Å². The van der Waals surface area contributed by atoms with Crippen molar-refractivity contribution < 1.29 is 18.9 Å². The highest BCUT2D eigenvalue weighted by Gasteiger charge is 2.33. The molecule has 2 saturated heterocycles. The monoisotopic (exact) mass is 340 g/mol. The molecule has 2 atom stereocenters. The molecule has 2 unspecified atom stereocenters. The topological polar surface area (TPSA) is 43.5 Å². The van der Waals surface area contributed by atoms with Crippen molar-refractivity contribution in [2.24, 2.45) is 0 Å². The van der Waals surface area contributed by atoms with Crippen molar-refractivity contribution >= 4 is 0 Å². The number of methoxy groups -OCH3 is 2. The number of hydrogen-bond acceptors (Lipinski definition) is 4. The van der Waals surface area contributed by atoms with Crippen LogP contribution < -0.4 is 9.47 Å². The van der Waals surface area contributed by atoms with Crippen LogP contribution in [0.4, 0.5) is 0 Å². The van der Waals surface area contributed by atoms with E-state index < -0.39 is 0 Å². The highest BCUT2D eigenvalue weighted by atomic mass is 16.6. The lowest BCUT2D eigenvalue weighted by molar-refractivity contribution is 0.383. The van der Waals surface area contributed by atoms with E-state index in [1.165, 1.54) is 11.1 Å². The molecule has 0 aromatic heterocycles. The second kappa shape index (κ2) is 6.04. The first-order chi connectivity index (χ1) is 12.0. The van der Waals surface area contributed by atoms with E-state index in [0.29, 0.717) is 0 Å². The zero-order valence-electron chi connectivity index (χ0n) is 15.2. The average molecular weight is 340 g/mol. The van der Waals surface area contributed by atoms with Crippen LogP contribution in [0, 0.1) is 0 Å². The fraction of sp³-hybridized carbons (Fsp3) is 0.429. The number of rotatable bonds is 6. The summed E-state index contributed by atoms with van der Waals surface area (Å²) in [7, 11) is 3.44. The molecule has 0 spiro atoms. The molecular formula is C21H24O4. The summed E-state index contributed by atoms with van der Waals surface area (Å²) in [5.41, 5.74) is 4.35. The van der Waals surface area contributed by atoms with Crippen molar-refractivity contribution in [3.8, 4) is 11.5 Å². The summed E-state index contributed by atoms with van der Waals surface area (Å²) in [6.45, 7) is 5.99. The van der Waals surface area contributed by atoms with Gasteiger partial charge in [0.1, 0.15) is 23.7 Å². The SMILES string of the molecule is COc1cc(C2CO2)ccc1C(C)(C)c1ccc(C2CO2)cc1OC. The molecule has 4 heteroatoms. The zero-order valence-corrected chi connectivity index (χ0v) is 15.2. The molecule has 2 fully saturated rings. The van der Waals surface area contributed by atoms with E-state index in [1.54, 1.807) is 14.2 Å². The van der Waals surface area contributed by atoms with E-state index in [0.717, 1.165) is 35.8 Å². The smallest absolute Gasteiger partial charge is 0.123 e. The summed E-state index contributed by atoms with van der Waals surface area (Å²) in [6.07, 6.45) is 0.442. The molecule has 0 bridgehead atoms. The van der Waals surface area contributed by atoms with E-state index in [-0.39, 0.29) is 17.6 Å². The van der Waals surface area contributed by atoms with Gasteiger partial charge in [0, 0.05) is 16.5 Å². The number of benzene rings is 2. The van der Waals surface area contributed by atoms with Crippen LogP contribution in [0.3, 0.4) is 0 Å². The van der Waals surface area contributed by atoms with Gasteiger partial charge in [-0.3, -0.25) is 0 Å². The Labute approximate surface area is 148 Å². The molecule has 4 nitrogen and oxygen atoms in total. The van der Waals surface area contributed by atoms with Crippen LogP contribution in [0.5, 0.6) is 11.5 Å². The van der Waals surface area contributed by atoms with Gasteiger partial charge in [0.05, 0.1) is 27.4 Å². The summed E-state index contributed by atoms with van der Waals surface area (Å²) in [5.74, 6) is 1.77. The predicted octanol–water partition coefficient (Wildman–Crippen LogP) is 4.17. The van der Waals surface area contributed by atoms with Gasteiger partial charge < -0.3 is 18.9 Å². The van der Waals surface area contributed by atoms with Gasteiger partial charge in [0.15, 0.2) is 0 Å². The van der Waals surface area contributed by atoms with Crippen LogP contribution in [-0.4, -0.2) is 27.4 Å². The zero-order chi connectivity index (χ0) is 17.6. The van der Waals surface area contributed by atoms with Crippen molar-refractivity contribution in [3.05, 3.63) is 58.7 Å². The average Bonchev–Trinajstić information content (AvgIpc) is 3.51. The number of epoxide rings is 2. The Balaban J connectivity index is 1.75. The lowest BCUT2D eigenvalue weighted by atomic mass is 9.76. The van der Waals surface area contributed by atoms with Gasteiger partial charge in [-0.15, -0.1) is 0 Å². The van der Waals surface area contributed by atoms with Gasteiger partial charge >= 0.3 is 0 Å². The summed E-state index contributed by atoms with van der Waals surface area (Å²) in [6, 6.07) is 12.7. The minimum absolute atomic E-state index is 0.221. The van der Waals surface area contributed by atoms with Crippen molar-refractivity contribution in [3.63, 3.8) is 0 Å². The summed E-state index contributed by atoms with van der Waals surface area (Å²) in [4.78, 5) is 0. The Bertz CT molecular complexity index is 723. The molecule has 0 amide bonds. The molecule has 2 aliphatic rings. The van der Waals surface area contributed by atoms with Crippen LogP contribution in [0.25, 0.3) is 0 Å². The van der Waals surface area contributed by atoms with Crippen LogP contribution in [0.2, 0.25) is 0 Å². The fourth-order valence-corrected chi connectivity index (χ4v) is 3.48. The third kappa shape index (κ3) is 3.00. The minimum atomic E-state index is -0.261. The molecule has 25 heavy (non-hydrogen) atoms. The maximum Gasteiger partial charge on any atom is 0.123 e. The van der Waals surface area contributed by atoms with Crippen LogP contribution in [0.1, 0.15) is 48.3 Å².